The van der Waals surface area contributed by atoms with Crippen molar-refractivity contribution in [1.82, 2.24) is 9.97 Å². The smallest absolute Gasteiger partial charge is 0.318 e. The van der Waals surface area contributed by atoms with Crippen LogP contribution in [0.15, 0.2) is 12.1 Å². The zero-order valence-corrected chi connectivity index (χ0v) is 16.2. The van der Waals surface area contributed by atoms with Crippen molar-refractivity contribution in [2.45, 2.75) is 47.0 Å². The fourth-order valence-electron chi connectivity index (χ4n) is 2.82. The number of aromatic nitrogens is 2. The van der Waals surface area contributed by atoms with Crippen molar-refractivity contribution in [3.63, 3.8) is 0 Å². The molecular weight excluding hydrogens is 322 g/mol. The van der Waals surface area contributed by atoms with Gasteiger partial charge in [-0.3, -0.25) is 0 Å². The van der Waals surface area contributed by atoms with Crippen LogP contribution in [-0.4, -0.2) is 30.2 Å². The number of anilines is 1. The Labute approximate surface area is 150 Å². The molecule has 0 N–H and O–H groups in total. The highest BCUT2D eigenvalue weighted by Crippen LogP contribution is 2.35. The first-order valence-corrected chi connectivity index (χ1v) is 9.27. The molecule has 1 saturated carbocycles. The van der Waals surface area contributed by atoms with E-state index in [9.17, 15) is 0 Å². The van der Waals surface area contributed by atoms with Crippen LogP contribution < -0.4 is 9.64 Å². The second-order valence-corrected chi connectivity index (χ2v) is 6.48. The predicted octanol–water partition coefficient (Wildman–Crippen LogP) is 5.25. The van der Waals surface area contributed by atoms with Crippen LogP contribution in [0.5, 0.6) is 6.01 Å². The molecule has 24 heavy (non-hydrogen) atoms. The maximum Gasteiger partial charge on any atom is 0.318 e. The molecule has 3 rings (SSSR count). The van der Waals surface area contributed by atoms with Gasteiger partial charge in [-0.05, 0) is 49.8 Å². The fourth-order valence-corrected chi connectivity index (χ4v) is 3.10. The molecule has 1 aliphatic carbocycles. The van der Waals surface area contributed by atoms with Gasteiger partial charge in [-0.25, -0.2) is 0 Å². The molecule has 1 aromatic carbocycles. The molecule has 4 nitrogen and oxygen atoms in total. The van der Waals surface area contributed by atoms with E-state index in [0.29, 0.717) is 6.01 Å². The van der Waals surface area contributed by atoms with Gasteiger partial charge in [-0.1, -0.05) is 32.4 Å². The lowest BCUT2D eigenvalue weighted by Crippen LogP contribution is -2.28. The summed E-state index contributed by atoms with van der Waals surface area (Å²) in [5.41, 5.74) is 1.97. The normalized spacial score (nSPS) is 13.4. The van der Waals surface area contributed by atoms with Crippen molar-refractivity contribution in [2.24, 2.45) is 5.92 Å². The Morgan fingerprint density at radius 1 is 1.25 bits per heavy atom. The number of aryl methyl sites for hydroxylation is 1. The molecule has 0 bridgehead atoms. The van der Waals surface area contributed by atoms with Crippen LogP contribution in [0.1, 0.15) is 45.6 Å². The van der Waals surface area contributed by atoms with Gasteiger partial charge >= 0.3 is 6.01 Å². The number of fused-ring (bicyclic) bond motifs is 1. The Bertz CT molecular complexity index is 686. The Kier molecular flexibility index (Phi) is 6.67. The van der Waals surface area contributed by atoms with Gasteiger partial charge in [0.25, 0.3) is 0 Å². The van der Waals surface area contributed by atoms with E-state index in [2.05, 4.69) is 21.8 Å². The minimum atomic E-state index is 0.421. The summed E-state index contributed by atoms with van der Waals surface area (Å²) in [5, 5.41) is 1.74. The van der Waals surface area contributed by atoms with E-state index in [0.717, 1.165) is 52.7 Å². The standard InChI is InChI=1S/C17H22ClN3O.C2H6/c1-4-7-21(10-12-5-6-12)16-14-9-13(18)8-11(2)15(14)19-17(20-16)22-3;1-2/h8-9,12H,4-7,10H2,1-3H3;1-2H3. The largest absolute Gasteiger partial charge is 0.467 e. The molecule has 2 aromatic rings. The lowest BCUT2D eigenvalue weighted by molar-refractivity contribution is 0.381. The van der Waals surface area contributed by atoms with E-state index >= 15 is 0 Å². The van der Waals surface area contributed by atoms with E-state index in [1.54, 1.807) is 7.11 Å². The lowest BCUT2D eigenvalue weighted by atomic mass is 10.1. The second kappa shape index (κ2) is 8.52. The molecule has 1 aliphatic rings. The first kappa shape index (κ1) is 18.8. The van der Waals surface area contributed by atoms with Crippen molar-refractivity contribution in [3.8, 4) is 6.01 Å². The minimum Gasteiger partial charge on any atom is -0.467 e. The van der Waals surface area contributed by atoms with Gasteiger partial charge < -0.3 is 9.64 Å². The molecule has 0 atom stereocenters. The fraction of sp³-hybridized carbons (Fsp3) is 0.579. The summed E-state index contributed by atoms with van der Waals surface area (Å²) in [5.74, 6) is 1.74. The first-order chi connectivity index (χ1) is 11.6. The van der Waals surface area contributed by atoms with E-state index in [1.807, 2.05) is 32.9 Å². The number of halogens is 1. The molecule has 0 radical (unpaired) electrons. The molecular formula is C19H28ClN3O. The van der Waals surface area contributed by atoms with E-state index < -0.39 is 0 Å². The van der Waals surface area contributed by atoms with Crippen molar-refractivity contribution in [3.05, 3.63) is 22.7 Å². The summed E-state index contributed by atoms with van der Waals surface area (Å²) in [6, 6.07) is 4.32. The molecule has 1 aromatic heterocycles. The topological polar surface area (TPSA) is 38.2 Å². The van der Waals surface area contributed by atoms with Gasteiger partial charge in [-0.2, -0.15) is 9.97 Å². The SMILES string of the molecule is CC.CCCN(CC1CC1)c1nc(OC)nc2c(C)cc(Cl)cc12. The highest BCUT2D eigenvalue weighted by molar-refractivity contribution is 6.31. The van der Waals surface area contributed by atoms with Crippen LogP contribution >= 0.6 is 11.6 Å². The zero-order chi connectivity index (χ0) is 17.7. The van der Waals surface area contributed by atoms with Crippen molar-refractivity contribution in [2.75, 3.05) is 25.1 Å². The third kappa shape index (κ3) is 4.29. The van der Waals surface area contributed by atoms with Crippen LogP contribution in [0, 0.1) is 12.8 Å². The summed E-state index contributed by atoms with van der Waals surface area (Å²) in [6.07, 6.45) is 3.72. The Balaban J connectivity index is 0.00000100. The highest BCUT2D eigenvalue weighted by Gasteiger charge is 2.26. The van der Waals surface area contributed by atoms with Gasteiger partial charge in [0, 0.05) is 23.5 Å². The molecule has 0 amide bonds. The number of nitrogens with zero attached hydrogens (tertiary/aromatic N) is 3. The third-order valence-corrected chi connectivity index (χ3v) is 4.28. The highest BCUT2D eigenvalue weighted by atomic mass is 35.5. The van der Waals surface area contributed by atoms with Gasteiger partial charge in [-0.15, -0.1) is 0 Å². The van der Waals surface area contributed by atoms with Gasteiger partial charge in [0.1, 0.15) is 5.82 Å². The quantitative estimate of drug-likeness (QED) is 0.713. The lowest BCUT2D eigenvalue weighted by Gasteiger charge is -2.25. The maximum atomic E-state index is 6.26. The predicted molar refractivity (Wildman–Crippen MR) is 102 cm³/mol. The van der Waals surface area contributed by atoms with Crippen molar-refractivity contribution >= 4 is 28.3 Å². The minimum absolute atomic E-state index is 0.421. The number of hydrogen-bond donors (Lipinski definition) is 0. The van der Waals surface area contributed by atoms with Gasteiger partial charge in [0.15, 0.2) is 0 Å². The molecule has 132 valence electrons. The molecule has 0 saturated heterocycles. The second-order valence-electron chi connectivity index (χ2n) is 6.04. The number of benzene rings is 1. The summed E-state index contributed by atoms with van der Waals surface area (Å²) >= 11 is 6.26. The Morgan fingerprint density at radius 3 is 2.54 bits per heavy atom. The summed E-state index contributed by atoms with van der Waals surface area (Å²) in [7, 11) is 1.61. The summed E-state index contributed by atoms with van der Waals surface area (Å²) in [6.45, 7) is 10.3. The molecule has 0 unspecified atom stereocenters. The average Bonchev–Trinajstić information content (AvgIpc) is 3.39. The number of methoxy groups -OCH3 is 1. The van der Waals surface area contributed by atoms with Gasteiger partial charge in [0.05, 0.1) is 12.6 Å². The maximum absolute atomic E-state index is 6.26. The Morgan fingerprint density at radius 2 is 1.96 bits per heavy atom. The van der Waals surface area contributed by atoms with Crippen molar-refractivity contribution in [1.29, 1.82) is 0 Å². The average molecular weight is 350 g/mol. The van der Waals surface area contributed by atoms with Crippen LogP contribution in [-0.2, 0) is 0 Å². The monoisotopic (exact) mass is 349 g/mol. The number of hydrogen-bond acceptors (Lipinski definition) is 4. The van der Waals surface area contributed by atoms with Crippen LogP contribution in [0.25, 0.3) is 10.9 Å². The van der Waals surface area contributed by atoms with Crippen LogP contribution in [0.3, 0.4) is 0 Å². The number of ether oxygens (including phenoxy) is 1. The number of rotatable bonds is 6. The van der Waals surface area contributed by atoms with Crippen molar-refractivity contribution < 1.29 is 4.74 Å². The first-order valence-electron chi connectivity index (χ1n) is 8.89. The van der Waals surface area contributed by atoms with Crippen LogP contribution in [0.2, 0.25) is 5.02 Å². The molecule has 1 fully saturated rings. The zero-order valence-electron chi connectivity index (χ0n) is 15.4. The molecule has 1 heterocycles. The summed E-state index contributed by atoms with van der Waals surface area (Å²) in [4.78, 5) is 11.5. The van der Waals surface area contributed by atoms with E-state index in [4.69, 9.17) is 16.3 Å². The van der Waals surface area contributed by atoms with E-state index in [-0.39, 0.29) is 0 Å². The molecule has 0 aliphatic heterocycles. The third-order valence-electron chi connectivity index (χ3n) is 4.07. The van der Waals surface area contributed by atoms with Crippen LogP contribution in [0.4, 0.5) is 5.82 Å². The van der Waals surface area contributed by atoms with E-state index in [1.165, 1.54) is 12.8 Å². The summed E-state index contributed by atoms with van der Waals surface area (Å²) < 4.78 is 5.32. The molecule has 0 spiro atoms. The Hall–Kier alpha value is -1.55. The molecule has 5 heteroatoms. The van der Waals surface area contributed by atoms with Gasteiger partial charge in [0.2, 0.25) is 0 Å².